The number of halogens is 2. The lowest BCUT2D eigenvalue weighted by Gasteiger charge is -2.39. The number of rotatable bonds is 42. The number of hydrogen-bond acceptors (Lipinski definition) is 0. The molecule has 0 atom stereocenters. The van der Waals surface area contributed by atoms with Crippen LogP contribution in [0.15, 0.2) is 0 Å². The molecule has 0 fully saturated rings. The first-order valence-corrected chi connectivity index (χ1v) is 25.2. The molecule has 0 aliphatic heterocycles. The van der Waals surface area contributed by atoms with Crippen LogP contribution in [0.3, 0.4) is 0 Å². The quantitative estimate of drug-likeness (QED) is 0.0325. The smallest absolute Gasteiger partial charge is 0.0786 e. The Morgan fingerprint density at radius 1 is 0.204 bits per heavy atom. The van der Waals surface area contributed by atoms with Crippen molar-refractivity contribution in [3.8, 4) is 0 Å². The molecule has 0 saturated carbocycles. The van der Waals surface area contributed by atoms with Crippen LogP contribution in [-0.4, -0.2) is 61.3 Å². The minimum absolute atomic E-state index is 0. The largest absolute Gasteiger partial charge is 1.00 e. The van der Waals surface area contributed by atoms with Gasteiger partial charge in [-0.25, -0.2) is 0 Å². The highest BCUT2D eigenvalue weighted by Crippen LogP contribution is 2.21. The van der Waals surface area contributed by atoms with Gasteiger partial charge in [-0.1, -0.05) is 189 Å². The molecule has 332 valence electrons. The molecule has 0 unspecified atom stereocenters. The van der Waals surface area contributed by atoms with Gasteiger partial charge < -0.3 is 49.9 Å². The van der Waals surface area contributed by atoms with Gasteiger partial charge in [0.25, 0.3) is 0 Å². The monoisotopic (exact) mass is 943 g/mol. The third kappa shape index (κ3) is 41.3. The fourth-order valence-corrected chi connectivity index (χ4v) is 8.66. The standard InChI is InChI=1S/C28H60N.C22H48N.BrH.HI/c1-5-9-13-17-21-25-29(26-22-18-14-10-6-2,27-23-19-15-11-7-3)28-24-20-16-12-8-4;1-5-9-10-11-12-13-14-15-16-17-18-19-20-21-22-23(6-2,7-3)8-4;;/h5-28H2,1-4H3;5-22H2,1-4H3;2*1H/q2*+1;;/p-2. The van der Waals surface area contributed by atoms with Crippen molar-refractivity contribution in [2.75, 3.05) is 52.4 Å². The molecule has 54 heavy (non-hydrogen) atoms. The first kappa shape index (κ1) is 61.8. The van der Waals surface area contributed by atoms with Crippen molar-refractivity contribution >= 4 is 0 Å². The van der Waals surface area contributed by atoms with Crippen LogP contribution < -0.4 is 41.0 Å². The molecule has 2 nitrogen and oxygen atoms in total. The molecule has 0 heterocycles. The zero-order valence-electron chi connectivity index (χ0n) is 39.3. The average molecular weight is 944 g/mol. The molecular weight excluding hydrogens is 835 g/mol. The van der Waals surface area contributed by atoms with Crippen LogP contribution in [0.2, 0.25) is 0 Å². The van der Waals surface area contributed by atoms with E-state index in [9.17, 15) is 0 Å². The van der Waals surface area contributed by atoms with Crippen LogP contribution in [0.5, 0.6) is 0 Å². The summed E-state index contributed by atoms with van der Waals surface area (Å²) in [6, 6.07) is 0. The summed E-state index contributed by atoms with van der Waals surface area (Å²) in [6.07, 6.45) is 49.3. The predicted molar refractivity (Wildman–Crippen MR) is 242 cm³/mol. The van der Waals surface area contributed by atoms with Crippen LogP contribution in [0, 0.1) is 0 Å². The van der Waals surface area contributed by atoms with Crippen molar-refractivity contribution in [2.24, 2.45) is 0 Å². The maximum atomic E-state index is 2.36. The van der Waals surface area contributed by atoms with Gasteiger partial charge in [-0.3, -0.25) is 0 Å². The van der Waals surface area contributed by atoms with E-state index in [4.69, 9.17) is 0 Å². The minimum Gasteiger partial charge on any atom is -1.00 e. The molecule has 0 aromatic heterocycles. The van der Waals surface area contributed by atoms with E-state index in [1.165, 1.54) is 280 Å². The van der Waals surface area contributed by atoms with Crippen LogP contribution in [-0.2, 0) is 0 Å². The summed E-state index contributed by atoms with van der Waals surface area (Å²) in [5.41, 5.74) is 0. The summed E-state index contributed by atoms with van der Waals surface area (Å²) in [7, 11) is 0. The van der Waals surface area contributed by atoms with Gasteiger partial charge in [0.15, 0.2) is 0 Å². The zero-order chi connectivity index (χ0) is 38.7. The Morgan fingerprint density at radius 3 is 0.519 bits per heavy atom. The average Bonchev–Trinajstić information content (AvgIpc) is 3.16. The van der Waals surface area contributed by atoms with Gasteiger partial charge in [-0.05, 0) is 85.0 Å². The van der Waals surface area contributed by atoms with E-state index in [1.54, 1.807) is 0 Å². The lowest BCUT2D eigenvalue weighted by molar-refractivity contribution is -0.929. The highest BCUT2D eigenvalue weighted by atomic mass is 127. The van der Waals surface area contributed by atoms with Crippen molar-refractivity contribution in [2.45, 2.75) is 274 Å². The second-order valence-electron chi connectivity index (χ2n) is 17.5. The maximum absolute atomic E-state index is 2.36. The maximum Gasteiger partial charge on any atom is 0.0786 e. The zero-order valence-corrected chi connectivity index (χ0v) is 43.1. The van der Waals surface area contributed by atoms with Crippen LogP contribution in [0.1, 0.15) is 274 Å². The molecule has 0 radical (unpaired) electrons. The molecule has 0 aliphatic rings. The topological polar surface area (TPSA) is 0 Å². The number of hydrogen-bond donors (Lipinski definition) is 0. The molecular formula is C50H108BrIN2. The second kappa shape index (κ2) is 50.3. The first-order valence-electron chi connectivity index (χ1n) is 25.2. The minimum atomic E-state index is 0. The Morgan fingerprint density at radius 2 is 0.352 bits per heavy atom. The van der Waals surface area contributed by atoms with Gasteiger partial charge in [-0.15, -0.1) is 0 Å². The number of quaternary nitrogens is 2. The highest BCUT2D eigenvalue weighted by Gasteiger charge is 2.25. The Bertz CT molecular complexity index is 570. The summed E-state index contributed by atoms with van der Waals surface area (Å²) in [6.45, 7) is 29.9. The van der Waals surface area contributed by atoms with Gasteiger partial charge in [0.1, 0.15) is 0 Å². The lowest BCUT2D eigenvalue weighted by Crippen LogP contribution is -3.00. The lowest BCUT2D eigenvalue weighted by atomic mass is 10.0. The normalized spacial score (nSPS) is 11.6. The van der Waals surface area contributed by atoms with Gasteiger partial charge in [0, 0.05) is 0 Å². The summed E-state index contributed by atoms with van der Waals surface area (Å²) < 4.78 is 2.80. The Kier molecular flexibility index (Phi) is 57.5. The molecule has 0 aromatic carbocycles. The van der Waals surface area contributed by atoms with E-state index in [2.05, 4.69) is 55.4 Å². The van der Waals surface area contributed by atoms with Crippen molar-refractivity contribution < 1.29 is 49.9 Å². The number of nitrogens with zero attached hydrogens (tertiary/aromatic N) is 2. The molecule has 0 aromatic rings. The predicted octanol–water partition coefficient (Wildman–Crippen LogP) is 11.0. The van der Waals surface area contributed by atoms with E-state index in [1.807, 2.05) is 0 Å². The Hall–Kier alpha value is 1.13. The van der Waals surface area contributed by atoms with Crippen LogP contribution in [0.25, 0.3) is 0 Å². The van der Waals surface area contributed by atoms with Gasteiger partial charge in [-0.2, -0.15) is 0 Å². The second-order valence-corrected chi connectivity index (χ2v) is 17.5. The summed E-state index contributed by atoms with van der Waals surface area (Å²) in [5, 5.41) is 0. The van der Waals surface area contributed by atoms with Crippen molar-refractivity contribution in [1.82, 2.24) is 0 Å². The third-order valence-electron chi connectivity index (χ3n) is 12.9. The molecule has 0 spiro atoms. The van der Waals surface area contributed by atoms with Crippen molar-refractivity contribution in [3.05, 3.63) is 0 Å². The third-order valence-corrected chi connectivity index (χ3v) is 12.9. The van der Waals surface area contributed by atoms with Crippen LogP contribution >= 0.6 is 0 Å². The molecule has 4 heteroatoms. The van der Waals surface area contributed by atoms with E-state index >= 15 is 0 Å². The first-order chi connectivity index (χ1) is 25.5. The SMILES string of the molecule is CCCCCCCCCCCCCCCC[N+](CC)(CC)CC.CCCCCCC[N+](CCCCCCC)(CCCCCCC)CCCCCCC.[Br-].[I-]. The van der Waals surface area contributed by atoms with Gasteiger partial charge in [0.05, 0.1) is 52.4 Å². The van der Waals surface area contributed by atoms with E-state index in [-0.39, 0.29) is 41.0 Å². The fraction of sp³-hybridized carbons (Fsp3) is 1.00. The molecule has 0 amide bonds. The van der Waals surface area contributed by atoms with E-state index in [0.29, 0.717) is 0 Å². The summed E-state index contributed by atoms with van der Waals surface area (Å²) in [5.74, 6) is 0. The fourth-order valence-electron chi connectivity index (χ4n) is 8.66. The molecule has 0 saturated heterocycles. The Labute approximate surface area is 373 Å². The molecule has 0 bridgehead atoms. The summed E-state index contributed by atoms with van der Waals surface area (Å²) in [4.78, 5) is 0. The van der Waals surface area contributed by atoms with E-state index in [0.717, 1.165) is 0 Å². The molecule has 0 rings (SSSR count). The Balaban J connectivity index is -0.000000457. The van der Waals surface area contributed by atoms with Crippen molar-refractivity contribution in [3.63, 3.8) is 0 Å². The summed E-state index contributed by atoms with van der Waals surface area (Å²) >= 11 is 0. The molecule has 0 aliphatic carbocycles. The molecule has 0 N–H and O–H groups in total. The van der Waals surface area contributed by atoms with Gasteiger partial charge in [0.2, 0.25) is 0 Å². The number of unbranched alkanes of at least 4 members (excludes halogenated alkanes) is 29. The van der Waals surface area contributed by atoms with E-state index < -0.39 is 0 Å². The van der Waals surface area contributed by atoms with Crippen molar-refractivity contribution in [1.29, 1.82) is 0 Å². The highest BCUT2D eigenvalue weighted by molar-refractivity contribution is 4.55. The van der Waals surface area contributed by atoms with Crippen LogP contribution in [0.4, 0.5) is 0 Å². The van der Waals surface area contributed by atoms with Gasteiger partial charge >= 0.3 is 0 Å².